The number of carbonyl (C=O) groups excluding carboxylic acids is 1. The van der Waals surface area contributed by atoms with Crippen molar-refractivity contribution in [3.8, 4) is 11.4 Å². The van der Waals surface area contributed by atoms with Gasteiger partial charge >= 0.3 is 0 Å². The lowest BCUT2D eigenvalue weighted by Gasteiger charge is -2.32. The van der Waals surface area contributed by atoms with Crippen LogP contribution in [0.3, 0.4) is 0 Å². The average molecular weight is 484 g/mol. The number of halogens is 1. The Labute approximate surface area is 204 Å². The predicted octanol–water partition coefficient (Wildman–Crippen LogP) is 2.50. The molecule has 0 aliphatic carbocycles. The van der Waals surface area contributed by atoms with Gasteiger partial charge in [-0.05, 0) is 50.1 Å². The van der Waals surface area contributed by atoms with Crippen LogP contribution in [0.15, 0.2) is 36.4 Å². The molecule has 0 radical (unpaired) electrons. The molecular weight excluding hydrogens is 454 g/mol. The first-order chi connectivity index (χ1) is 16.7. The number of anilines is 1. The maximum Gasteiger partial charge on any atom is 0.223 e. The number of amides is 1. The molecule has 3 aromatic rings. The van der Waals surface area contributed by atoms with Gasteiger partial charge in [0.2, 0.25) is 5.91 Å². The minimum atomic E-state index is 0.0527. The second kappa shape index (κ2) is 10.7. The van der Waals surface area contributed by atoms with E-state index in [1.165, 1.54) is 0 Å². The number of piperidine rings is 1. The number of morpholine rings is 1. The van der Waals surface area contributed by atoms with Crippen LogP contribution in [0.2, 0.25) is 5.02 Å². The van der Waals surface area contributed by atoms with Gasteiger partial charge in [-0.2, -0.15) is 4.52 Å². The Morgan fingerprint density at radius 1 is 1.06 bits per heavy atom. The zero-order valence-corrected chi connectivity index (χ0v) is 20.0. The molecule has 0 saturated carbocycles. The van der Waals surface area contributed by atoms with Crippen LogP contribution in [0, 0.1) is 5.92 Å². The highest BCUT2D eigenvalue weighted by Gasteiger charge is 2.26. The highest BCUT2D eigenvalue weighted by Crippen LogP contribution is 2.27. The molecule has 34 heavy (non-hydrogen) atoms. The van der Waals surface area contributed by atoms with Crippen LogP contribution in [0.5, 0.6) is 0 Å². The molecular formula is C24H30ClN7O2. The second-order valence-electron chi connectivity index (χ2n) is 8.82. The van der Waals surface area contributed by atoms with Crippen molar-refractivity contribution in [2.75, 3.05) is 57.4 Å². The van der Waals surface area contributed by atoms with E-state index in [-0.39, 0.29) is 11.8 Å². The molecule has 2 aliphatic heterocycles. The quantitative estimate of drug-likeness (QED) is 0.516. The monoisotopic (exact) mass is 483 g/mol. The van der Waals surface area contributed by atoms with Crippen LogP contribution in [-0.2, 0) is 9.53 Å². The third-order valence-corrected chi connectivity index (χ3v) is 6.94. The van der Waals surface area contributed by atoms with Crippen LogP contribution >= 0.6 is 11.6 Å². The van der Waals surface area contributed by atoms with Gasteiger partial charge in [0.15, 0.2) is 11.5 Å². The summed E-state index contributed by atoms with van der Waals surface area (Å²) in [6.45, 7) is 6.91. The van der Waals surface area contributed by atoms with Crippen molar-refractivity contribution >= 4 is 29.0 Å². The fourth-order valence-electron chi connectivity index (χ4n) is 4.61. The minimum Gasteiger partial charge on any atom is -0.379 e. The number of nitrogens with zero attached hydrogens (tertiary/aromatic N) is 6. The molecule has 5 rings (SSSR count). The molecule has 10 heteroatoms. The molecule has 1 aromatic carbocycles. The van der Waals surface area contributed by atoms with E-state index in [0.29, 0.717) is 16.5 Å². The summed E-state index contributed by atoms with van der Waals surface area (Å²) >= 11 is 6.37. The summed E-state index contributed by atoms with van der Waals surface area (Å²) in [6, 6.07) is 11.4. The van der Waals surface area contributed by atoms with Gasteiger partial charge in [0.1, 0.15) is 5.82 Å². The van der Waals surface area contributed by atoms with Gasteiger partial charge in [-0.3, -0.25) is 9.69 Å². The first-order valence-corrected chi connectivity index (χ1v) is 12.4. The van der Waals surface area contributed by atoms with Crippen molar-refractivity contribution in [2.45, 2.75) is 19.3 Å². The average Bonchev–Trinajstić information content (AvgIpc) is 3.30. The highest BCUT2D eigenvalue weighted by atomic mass is 35.5. The third-order valence-electron chi connectivity index (χ3n) is 6.61. The van der Waals surface area contributed by atoms with Gasteiger partial charge in [0.05, 0.1) is 18.2 Å². The number of fused-ring (bicyclic) bond motifs is 1. The third kappa shape index (κ3) is 5.16. The Morgan fingerprint density at radius 2 is 1.85 bits per heavy atom. The van der Waals surface area contributed by atoms with E-state index in [9.17, 15) is 4.79 Å². The molecule has 2 fully saturated rings. The zero-order chi connectivity index (χ0) is 23.3. The van der Waals surface area contributed by atoms with E-state index in [2.05, 4.69) is 25.3 Å². The highest BCUT2D eigenvalue weighted by molar-refractivity contribution is 6.33. The molecule has 0 atom stereocenters. The lowest BCUT2D eigenvalue weighted by Crippen LogP contribution is -2.42. The number of hydrogen-bond donors (Lipinski definition) is 1. The first kappa shape index (κ1) is 23.0. The summed E-state index contributed by atoms with van der Waals surface area (Å²) < 4.78 is 7.12. The lowest BCUT2D eigenvalue weighted by molar-refractivity contribution is -0.125. The Bertz CT molecular complexity index is 1120. The molecule has 1 amide bonds. The lowest BCUT2D eigenvalue weighted by atomic mass is 9.96. The minimum absolute atomic E-state index is 0.0527. The number of hydrogen-bond acceptors (Lipinski definition) is 7. The van der Waals surface area contributed by atoms with E-state index in [4.69, 9.17) is 21.4 Å². The van der Waals surface area contributed by atoms with E-state index < -0.39 is 0 Å². The van der Waals surface area contributed by atoms with E-state index in [1.54, 1.807) is 4.52 Å². The normalized spacial score (nSPS) is 17.9. The Morgan fingerprint density at radius 3 is 2.65 bits per heavy atom. The van der Waals surface area contributed by atoms with Gasteiger partial charge in [0, 0.05) is 44.2 Å². The van der Waals surface area contributed by atoms with Crippen molar-refractivity contribution in [2.24, 2.45) is 5.92 Å². The summed E-state index contributed by atoms with van der Waals surface area (Å²) in [7, 11) is 0. The fraction of sp³-hybridized carbons (Fsp3) is 0.500. The molecule has 9 nitrogen and oxygen atoms in total. The molecule has 2 saturated heterocycles. The molecule has 0 unspecified atom stereocenters. The van der Waals surface area contributed by atoms with Crippen LogP contribution in [-0.4, -0.2) is 83.1 Å². The van der Waals surface area contributed by atoms with Gasteiger partial charge in [-0.25, -0.2) is 0 Å². The van der Waals surface area contributed by atoms with Crippen molar-refractivity contribution in [3.05, 3.63) is 41.4 Å². The molecule has 2 aliphatic rings. The smallest absolute Gasteiger partial charge is 0.223 e. The summed E-state index contributed by atoms with van der Waals surface area (Å²) in [5.74, 6) is 1.69. The predicted molar refractivity (Wildman–Crippen MR) is 131 cm³/mol. The van der Waals surface area contributed by atoms with E-state index >= 15 is 0 Å². The van der Waals surface area contributed by atoms with E-state index in [1.807, 2.05) is 36.4 Å². The zero-order valence-electron chi connectivity index (χ0n) is 19.2. The van der Waals surface area contributed by atoms with Gasteiger partial charge in [0.25, 0.3) is 0 Å². The maximum atomic E-state index is 12.7. The molecule has 4 heterocycles. The SMILES string of the molecule is O=C(NCCCN1CCOCC1)C1CCN(c2ccc3nnc(-c4ccccc4Cl)n3n2)CC1. The Kier molecular flexibility index (Phi) is 7.22. The van der Waals surface area contributed by atoms with Crippen molar-refractivity contribution in [1.29, 1.82) is 0 Å². The number of aromatic nitrogens is 4. The number of carbonyl (C=O) groups is 1. The number of ether oxygens (including phenoxy) is 1. The van der Waals surface area contributed by atoms with E-state index in [0.717, 1.165) is 83.1 Å². The maximum absolute atomic E-state index is 12.7. The molecule has 2 aromatic heterocycles. The molecule has 0 spiro atoms. The van der Waals surface area contributed by atoms with Crippen molar-refractivity contribution in [3.63, 3.8) is 0 Å². The largest absolute Gasteiger partial charge is 0.379 e. The number of nitrogens with one attached hydrogen (secondary N) is 1. The van der Waals surface area contributed by atoms with Gasteiger partial charge in [-0.15, -0.1) is 15.3 Å². The number of rotatable bonds is 7. The summed E-state index contributed by atoms with van der Waals surface area (Å²) in [4.78, 5) is 17.3. The van der Waals surface area contributed by atoms with Gasteiger partial charge in [-0.1, -0.05) is 23.7 Å². The Balaban J connectivity index is 1.15. The molecule has 0 bridgehead atoms. The summed E-state index contributed by atoms with van der Waals surface area (Å²) in [5.41, 5.74) is 1.47. The van der Waals surface area contributed by atoms with Crippen LogP contribution in [0.25, 0.3) is 17.0 Å². The van der Waals surface area contributed by atoms with Crippen molar-refractivity contribution < 1.29 is 9.53 Å². The van der Waals surface area contributed by atoms with Gasteiger partial charge < -0.3 is 15.0 Å². The molecule has 1 N–H and O–H groups in total. The standard InChI is InChI=1S/C24H30ClN7O2/c25-20-5-2-1-4-19(20)23-28-27-21-6-7-22(29-32(21)23)31-12-8-18(9-13-31)24(33)26-10-3-11-30-14-16-34-17-15-30/h1-2,4-7,18H,3,8-17H2,(H,26,33). The Hall–Kier alpha value is -2.75. The second-order valence-corrected chi connectivity index (χ2v) is 9.23. The van der Waals surface area contributed by atoms with Crippen molar-refractivity contribution in [1.82, 2.24) is 30.0 Å². The topological polar surface area (TPSA) is 87.9 Å². The first-order valence-electron chi connectivity index (χ1n) is 12.0. The summed E-state index contributed by atoms with van der Waals surface area (Å²) in [6.07, 6.45) is 2.60. The molecule has 180 valence electrons. The fourth-order valence-corrected chi connectivity index (χ4v) is 4.83. The van der Waals surface area contributed by atoms with Crippen LogP contribution in [0.1, 0.15) is 19.3 Å². The van der Waals surface area contributed by atoms with Crippen LogP contribution in [0.4, 0.5) is 5.82 Å². The number of benzene rings is 1. The summed E-state index contributed by atoms with van der Waals surface area (Å²) in [5, 5.41) is 17.1. The van der Waals surface area contributed by atoms with Crippen LogP contribution < -0.4 is 10.2 Å².